The number of aromatic nitrogens is 1. The maximum Gasteiger partial charge on any atom is 0.354 e. The smallest absolute Gasteiger partial charge is 0.354 e. The standard InChI is InChI=1S/C27H22ClN3O5/c1-36-27(35)23(14-16-5-2-3-8-24(16)32)31-26(34)20-10-9-17(13-21(20)28)25(33)30-15-18-6-4-7-22-19(18)11-12-29-22/h2-14,29,32H,15H2,1H3,(H,30,33)(H,31,34)/b23-14-. The molecule has 0 saturated carbocycles. The Morgan fingerprint density at radius 3 is 2.58 bits per heavy atom. The van der Waals surface area contributed by atoms with Gasteiger partial charge in [0.15, 0.2) is 0 Å². The van der Waals surface area contributed by atoms with Crippen LogP contribution in [-0.4, -0.2) is 35.0 Å². The van der Waals surface area contributed by atoms with Gasteiger partial charge in [0, 0.05) is 34.8 Å². The highest BCUT2D eigenvalue weighted by Gasteiger charge is 2.19. The number of methoxy groups -OCH3 is 1. The van der Waals surface area contributed by atoms with Gasteiger partial charge in [0.1, 0.15) is 11.4 Å². The number of rotatable bonds is 7. The van der Waals surface area contributed by atoms with Crippen LogP contribution in [0.4, 0.5) is 0 Å². The van der Waals surface area contributed by atoms with E-state index < -0.39 is 11.9 Å². The summed E-state index contributed by atoms with van der Waals surface area (Å²) in [6.07, 6.45) is 3.13. The number of fused-ring (bicyclic) bond motifs is 1. The molecule has 0 fully saturated rings. The molecule has 4 N–H and O–H groups in total. The van der Waals surface area contributed by atoms with Gasteiger partial charge in [-0.25, -0.2) is 4.79 Å². The maximum atomic E-state index is 12.9. The number of benzene rings is 3. The van der Waals surface area contributed by atoms with Crippen molar-refractivity contribution in [3.63, 3.8) is 0 Å². The summed E-state index contributed by atoms with van der Waals surface area (Å²) in [5, 5.41) is 16.3. The molecule has 0 aliphatic rings. The van der Waals surface area contributed by atoms with Crippen LogP contribution in [0.2, 0.25) is 5.02 Å². The molecule has 4 rings (SSSR count). The van der Waals surface area contributed by atoms with E-state index in [0.717, 1.165) is 16.5 Å². The van der Waals surface area contributed by atoms with Crippen molar-refractivity contribution in [1.29, 1.82) is 0 Å². The van der Waals surface area contributed by atoms with Crippen LogP contribution in [0.5, 0.6) is 5.75 Å². The SMILES string of the molecule is COC(=O)/C(=C/c1ccccc1O)NC(=O)c1ccc(C(=O)NCc2cccc3[nH]ccc23)cc1Cl. The van der Waals surface area contributed by atoms with Crippen LogP contribution in [0, 0.1) is 0 Å². The Labute approximate surface area is 211 Å². The van der Waals surface area contributed by atoms with Gasteiger partial charge in [-0.1, -0.05) is 41.9 Å². The number of aromatic amines is 1. The van der Waals surface area contributed by atoms with Crippen LogP contribution in [0.15, 0.2) is 78.6 Å². The Hall–Kier alpha value is -4.56. The Morgan fingerprint density at radius 1 is 1.03 bits per heavy atom. The van der Waals surface area contributed by atoms with Gasteiger partial charge in [-0.3, -0.25) is 9.59 Å². The largest absolute Gasteiger partial charge is 0.507 e. The molecular formula is C27H22ClN3O5. The highest BCUT2D eigenvalue weighted by molar-refractivity contribution is 6.34. The number of phenolic OH excluding ortho intramolecular Hbond substituents is 1. The molecule has 3 aromatic carbocycles. The van der Waals surface area contributed by atoms with E-state index >= 15 is 0 Å². The number of amides is 2. The van der Waals surface area contributed by atoms with E-state index in [-0.39, 0.29) is 33.5 Å². The number of carbonyl (C=O) groups excluding carboxylic acids is 3. The van der Waals surface area contributed by atoms with Gasteiger partial charge < -0.3 is 25.5 Å². The first-order valence-electron chi connectivity index (χ1n) is 10.9. The zero-order chi connectivity index (χ0) is 25.7. The average Bonchev–Trinajstić information content (AvgIpc) is 3.37. The Bertz CT molecular complexity index is 1490. The van der Waals surface area contributed by atoms with Crippen LogP contribution in [0.1, 0.15) is 31.8 Å². The molecule has 0 spiro atoms. The second-order valence-electron chi connectivity index (χ2n) is 7.80. The fourth-order valence-electron chi connectivity index (χ4n) is 3.63. The lowest BCUT2D eigenvalue weighted by Crippen LogP contribution is -2.28. The molecule has 182 valence electrons. The van der Waals surface area contributed by atoms with E-state index in [9.17, 15) is 19.5 Å². The first kappa shape index (κ1) is 24.6. The maximum absolute atomic E-state index is 12.9. The summed E-state index contributed by atoms with van der Waals surface area (Å²) in [6, 6.07) is 18.3. The van der Waals surface area contributed by atoms with Gasteiger partial charge in [-0.15, -0.1) is 0 Å². The first-order valence-corrected chi connectivity index (χ1v) is 11.3. The lowest BCUT2D eigenvalue weighted by molar-refractivity contribution is -0.136. The van der Waals surface area contributed by atoms with Gasteiger partial charge in [0.05, 0.1) is 17.7 Å². The second-order valence-corrected chi connectivity index (χ2v) is 8.20. The first-order chi connectivity index (χ1) is 17.4. The quantitative estimate of drug-likeness (QED) is 0.220. The molecule has 36 heavy (non-hydrogen) atoms. The minimum absolute atomic E-state index is 0.0275. The van der Waals surface area contributed by atoms with E-state index in [1.807, 2.05) is 30.5 Å². The lowest BCUT2D eigenvalue weighted by Gasteiger charge is -2.11. The van der Waals surface area contributed by atoms with E-state index in [2.05, 4.69) is 15.6 Å². The highest BCUT2D eigenvalue weighted by Crippen LogP contribution is 2.22. The predicted octanol–water partition coefficient (Wildman–Crippen LogP) is 4.40. The fourth-order valence-corrected chi connectivity index (χ4v) is 3.90. The molecule has 0 aliphatic carbocycles. The normalized spacial score (nSPS) is 11.2. The van der Waals surface area contributed by atoms with Gasteiger partial charge in [0.2, 0.25) is 0 Å². The third-order valence-corrected chi connectivity index (χ3v) is 5.80. The van der Waals surface area contributed by atoms with Gasteiger partial charge in [-0.05, 0) is 48.0 Å². The minimum Gasteiger partial charge on any atom is -0.507 e. The zero-order valence-corrected chi connectivity index (χ0v) is 19.9. The molecule has 9 heteroatoms. The molecule has 2 amide bonds. The van der Waals surface area contributed by atoms with Crippen LogP contribution < -0.4 is 10.6 Å². The van der Waals surface area contributed by atoms with E-state index in [1.165, 1.54) is 37.5 Å². The van der Waals surface area contributed by atoms with Crippen molar-refractivity contribution in [3.8, 4) is 5.75 Å². The fraction of sp³-hybridized carbons (Fsp3) is 0.0741. The van der Waals surface area contributed by atoms with Crippen LogP contribution in [0.3, 0.4) is 0 Å². The van der Waals surface area contributed by atoms with Crippen LogP contribution in [-0.2, 0) is 16.1 Å². The van der Waals surface area contributed by atoms with Crippen molar-refractivity contribution < 1.29 is 24.2 Å². The van der Waals surface area contributed by atoms with Crippen LogP contribution in [0.25, 0.3) is 17.0 Å². The summed E-state index contributed by atoms with van der Waals surface area (Å²) in [6.45, 7) is 0.313. The molecule has 0 radical (unpaired) electrons. The summed E-state index contributed by atoms with van der Waals surface area (Å²) in [7, 11) is 1.17. The zero-order valence-electron chi connectivity index (χ0n) is 19.2. The predicted molar refractivity (Wildman–Crippen MR) is 136 cm³/mol. The summed E-state index contributed by atoms with van der Waals surface area (Å²) < 4.78 is 4.74. The number of hydrogen-bond donors (Lipinski definition) is 4. The number of ether oxygens (including phenoxy) is 1. The van der Waals surface area contributed by atoms with E-state index in [0.29, 0.717) is 12.1 Å². The highest BCUT2D eigenvalue weighted by atomic mass is 35.5. The Kier molecular flexibility index (Phi) is 7.36. The van der Waals surface area contributed by atoms with Crippen molar-refractivity contribution in [2.75, 3.05) is 7.11 Å². The number of esters is 1. The van der Waals surface area contributed by atoms with Crippen molar-refractivity contribution in [3.05, 3.63) is 106 Å². The second kappa shape index (κ2) is 10.8. The Morgan fingerprint density at radius 2 is 1.83 bits per heavy atom. The molecular weight excluding hydrogens is 482 g/mol. The molecule has 8 nitrogen and oxygen atoms in total. The van der Waals surface area contributed by atoms with Gasteiger partial charge in [-0.2, -0.15) is 0 Å². The third kappa shape index (κ3) is 5.39. The van der Waals surface area contributed by atoms with E-state index in [1.54, 1.807) is 18.2 Å². The van der Waals surface area contributed by atoms with E-state index in [4.69, 9.17) is 16.3 Å². The minimum atomic E-state index is -0.809. The van der Waals surface area contributed by atoms with Gasteiger partial charge in [0.25, 0.3) is 11.8 Å². The number of para-hydroxylation sites is 1. The molecule has 0 unspecified atom stereocenters. The number of nitrogens with one attached hydrogen (secondary N) is 3. The number of phenols is 1. The molecule has 0 atom stereocenters. The van der Waals surface area contributed by atoms with Crippen molar-refractivity contribution in [2.24, 2.45) is 0 Å². The van der Waals surface area contributed by atoms with Crippen molar-refractivity contribution in [2.45, 2.75) is 6.54 Å². The number of H-pyrrole nitrogens is 1. The molecule has 4 aromatic rings. The lowest BCUT2D eigenvalue weighted by atomic mass is 10.1. The summed E-state index contributed by atoms with van der Waals surface area (Å²) in [4.78, 5) is 40.9. The average molecular weight is 504 g/mol. The van der Waals surface area contributed by atoms with Crippen molar-refractivity contribution in [1.82, 2.24) is 15.6 Å². The number of aromatic hydroxyl groups is 1. The third-order valence-electron chi connectivity index (χ3n) is 5.49. The van der Waals surface area contributed by atoms with Crippen LogP contribution >= 0.6 is 11.6 Å². The molecule has 0 aliphatic heterocycles. The van der Waals surface area contributed by atoms with Gasteiger partial charge >= 0.3 is 5.97 Å². The summed E-state index contributed by atoms with van der Waals surface area (Å²) in [5.74, 6) is -1.92. The number of halogens is 1. The molecule has 0 bridgehead atoms. The summed E-state index contributed by atoms with van der Waals surface area (Å²) >= 11 is 6.31. The Balaban J connectivity index is 1.48. The number of carbonyl (C=O) groups is 3. The number of hydrogen-bond acceptors (Lipinski definition) is 5. The monoisotopic (exact) mass is 503 g/mol. The molecule has 1 aromatic heterocycles. The molecule has 1 heterocycles. The van der Waals surface area contributed by atoms with Crippen molar-refractivity contribution >= 4 is 46.4 Å². The molecule has 0 saturated heterocycles. The summed E-state index contributed by atoms with van der Waals surface area (Å²) in [5.41, 5.74) is 2.37. The topological polar surface area (TPSA) is 121 Å².